The topological polar surface area (TPSA) is 51.2 Å². The zero-order chi connectivity index (χ0) is 20.9. The van der Waals surface area contributed by atoms with E-state index < -0.39 is 18.3 Å². The highest BCUT2D eigenvalue weighted by atomic mass is 35.5. The first kappa shape index (κ1) is 21.4. The highest BCUT2D eigenvalue weighted by Gasteiger charge is 2.52. The molecule has 1 fully saturated rings. The molecule has 0 aliphatic carbocycles. The maximum atomic E-state index is 13.2. The summed E-state index contributed by atoms with van der Waals surface area (Å²) in [5, 5.41) is 0.449. The van der Waals surface area contributed by atoms with Crippen molar-refractivity contribution in [1.82, 2.24) is 9.80 Å². The van der Waals surface area contributed by atoms with E-state index in [0.29, 0.717) is 36.0 Å². The maximum Gasteiger partial charge on any atom is 0.495 e. The van der Waals surface area contributed by atoms with Gasteiger partial charge in [-0.2, -0.15) is 0 Å². The summed E-state index contributed by atoms with van der Waals surface area (Å²) in [6.07, 6.45) is 0. The van der Waals surface area contributed by atoms with Crippen molar-refractivity contribution in [2.24, 2.45) is 0 Å². The molecule has 0 saturated carbocycles. The van der Waals surface area contributed by atoms with E-state index >= 15 is 0 Å². The minimum atomic E-state index is -0.584. The van der Waals surface area contributed by atoms with Gasteiger partial charge in [0.15, 0.2) is 5.75 Å². The molecule has 1 amide bonds. The smallest absolute Gasteiger partial charge is 0.489 e. The van der Waals surface area contributed by atoms with Crippen LogP contribution in [0.5, 0.6) is 5.75 Å². The van der Waals surface area contributed by atoms with Gasteiger partial charge in [-0.05, 0) is 65.8 Å². The molecule has 2 aliphatic rings. The quantitative estimate of drug-likeness (QED) is 0.716. The second kappa shape index (κ2) is 7.52. The predicted molar refractivity (Wildman–Crippen MR) is 112 cm³/mol. The van der Waals surface area contributed by atoms with Crippen molar-refractivity contribution < 1.29 is 18.8 Å². The molecule has 3 rings (SSSR count). The minimum Gasteiger partial charge on any atom is -0.489 e. The number of carbonyl (C=O) groups excluding carboxylic acids is 1. The molecule has 2 heterocycles. The normalized spacial score (nSPS) is 21.0. The van der Waals surface area contributed by atoms with Gasteiger partial charge in [0, 0.05) is 13.1 Å². The summed E-state index contributed by atoms with van der Waals surface area (Å²) < 4.78 is 18.3. The highest BCUT2D eigenvalue weighted by Crippen LogP contribution is 2.39. The summed E-state index contributed by atoms with van der Waals surface area (Å²) in [5.41, 5.74) is 1.11. The molecule has 1 aromatic rings. The Morgan fingerprint density at radius 3 is 2.39 bits per heavy atom. The van der Waals surface area contributed by atoms with Crippen LogP contribution in [-0.4, -0.2) is 74.4 Å². The van der Waals surface area contributed by atoms with Crippen molar-refractivity contribution in [3.63, 3.8) is 0 Å². The minimum absolute atomic E-state index is 0.0750. The van der Waals surface area contributed by atoms with Gasteiger partial charge in [-0.1, -0.05) is 11.6 Å². The molecule has 0 bridgehead atoms. The highest BCUT2D eigenvalue weighted by molar-refractivity contribution is 6.63. The summed E-state index contributed by atoms with van der Waals surface area (Å²) in [7, 11) is 3.39. The molecule has 6 nitrogen and oxygen atoms in total. The van der Waals surface area contributed by atoms with Crippen LogP contribution in [-0.2, 0) is 9.31 Å². The fraction of sp³-hybridized carbons (Fsp3) is 0.650. The molecule has 2 aliphatic heterocycles. The van der Waals surface area contributed by atoms with E-state index in [1.54, 1.807) is 0 Å². The van der Waals surface area contributed by atoms with Crippen LogP contribution in [0, 0.1) is 6.92 Å². The van der Waals surface area contributed by atoms with E-state index in [1.165, 1.54) is 0 Å². The lowest BCUT2D eigenvalue weighted by Crippen LogP contribution is -2.41. The number of benzene rings is 1. The Morgan fingerprint density at radius 2 is 1.82 bits per heavy atom. The van der Waals surface area contributed by atoms with Gasteiger partial charge in [0.25, 0.3) is 5.91 Å². The molecule has 1 aromatic carbocycles. The number of halogens is 1. The zero-order valence-corrected chi connectivity index (χ0v) is 18.6. The summed E-state index contributed by atoms with van der Waals surface area (Å²) in [6.45, 7) is 12.3. The van der Waals surface area contributed by atoms with Crippen LogP contribution < -0.4 is 10.2 Å². The van der Waals surface area contributed by atoms with Crippen LogP contribution in [0.4, 0.5) is 0 Å². The number of hydrogen-bond donors (Lipinski definition) is 0. The van der Waals surface area contributed by atoms with Crippen LogP contribution >= 0.6 is 11.6 Å². The second-order valence-corrected chi connectivity index (χ2v) is 9.19. The summed E-state index contributed by atoms with van der Waals surface area (Å²) in [5.74, 6) is 0.380. The molecule has 28 heavy (non-hydrogen) atoms. The maximum absolute atomic E-state index is 13.2. The third kappa shape index (κ3) is 3.77. The van der Waals surface area contributed by atoms with E-state index in [1.807, 2.05) is 59.7 Å². The van der Waals surface area contributed by atoms with Gasteiger partial charge in [0.2, 0.25) is 0 Å². The Hall–Kier alpha value is -1.28. The average molecular weight is 409 g/mol. The Kier molecular flexibility index (Phi) is 5.76. The molecule has 0 atom stereocenters. The van der Waals surface area contributed by atoms with Gasteiger partial charge >= 0.3 is 7.12 Å². The van der Waals surface area contributed by atoms with Gasteiger partial charge in [-0.15, -0.1) is 0 Å². The van der Waals surface area contributed by atoms with Crippen LogP contribution in [0.15, 0.2) is 6.07 Å². The van der Waals surface area contributed by atoms with Crippen molar-refractivity contribution in [2.75, 3.05) is 40.3 Å². The van der Waals surface area contributed by atoms with E-state index in [2.05, 4.69) is 4.90 Å². The van der Waals surface area contributed by atoms with Gasteiger partial charge in [0.05, 0.1) is 28.3 Å². The van der Waals surface area contributed by atoms with Crippen LogP contribution in [0.3, 0.4) is 0 Å². The van der Waals surface area contributed by atoms with Crippen molar-refractivity contribution in [2.45, 2.75) is 45.8 Å². The monoisotopic (exact) mass is 408 g/mol. The average Bonchev–Trinajstić information content (AvgIpc) is 2.71. The van der Waals surface area contributed by atoms with Gasteiger partial charge in [-0.3, -0.25) is 4.79 Å². The number of amides is 1. The molecular weight excluding hydrogens is 378 g/mol. The number of fused-ring (bicyclic) bond motifs is 1. The van der Waals surface area contributed by atoms with Gasteiger partial charge in [0.1, 0.15) is 6.61 Å². The number of ether oxygens (including phenoxy) is 1. The Balaban J connectivity index is 1.99. The van der Waals surface area contributed by atoms with Gasteiger partial charge < -0.3 is 23.8 Å². The Bertz CT molecular complexity index is 766. The molecule has 0 unspecified atom stereocenters. The zero-order valence-electron chi connectivity index (χ0n) is 17.9. The molecule has 0 aromatic heterocycles. The summed E-state index contributed by atoms with van der Waals surface area (Å²) in [6, 6.07) is 1.83. The Labute approximate surface area is 173 Å². The lowest BCUT2D eigenvalue weighted by molar-refractivity contribution is 0.00578. The SMILES string of the molecule is Cc1c(B2OC(C)(C)C(C)(C)O2)cc2c(c1Cl)OCCN(CCN(C)C)C2=O. The predicted octanol–water partition coefficient (Wildman–Crippen LogP) is 2.34. The van der Waals surface area contributed by atoms with Crippen molar-refractivity contribution in [3.05, 3.63) is 22.2 Å². The van der Waals surface area contributed by atoms with Crippen LogP contribution in [0.2, 0.25) is 5.02 Å². The number of likely N-dealkylation sites (N-methyl/N-ethyl adjacent to an activating group) is 1. The number of nitrogens with zero attached hydrogens (tertiary/aromatic N) is 2. The standard InChI is InChI=1S/C20H30BClN2O4/c1-13-15(21-27-19(2,3)20(4,5)28-21)12-14-17(16(13)22)26-11-10-24(18(14)25)9-8-23(6)7/h12H,8-11H2,1-7H3. The molecule has 0 spiro atoms. The van der Waals surface area contributed by atoms with Gasteiger partial charge in [-0.25, -0.2) is 0 Å². The molecule has 8 heteroatoms. The number of rotatable bonds is 4. The fourth-order valence-electron chi connectivity index (χ4n) is 3.32. The molecule has 1 saturated heterocycles. The number of carbonyl (C=O) groups is 1. The summed E-state index contributed by atoms with van der Waals surface area (Å²) >= 11 is 6.63. The van der Waals surface area contributed by atoms with E-state index in [4.69, 9.17) is 25.6 Å². The first-order chi connectivity index (χ1) is 12.9. The lowest BCUT2D eigenvalue weighted by Gasteiger charge is -2.32. The van der Waals surface area contributed by atoms with Crippen molar-refractivity contribution in [3.8, 4) is 5.75 Å². The number of hydrogen-bond acceptors (Lipinski definition) is 5. The first-order valence-corrected chi connectivity index (χ1v) is 10.1. The summed E-state index contributed by atoms with van der Waals surface area (Å²) in [4.78, 5) is 17.1. The molecular formula is C20H30BClN2O4. The van der Waals surface area contributed by atoms with E-state index in [-0.39, 0.29) is 5.91 Å². The molecule has 154 valence electrons. The van der Waals surface area contributed by atoms with E-state index in [9.17, 15) is 4.79 Å². The molecule has 0 radical (unpaired) electrons. The first-order valence-electron chi connectivity index (χ1n) is 9.70. The van der Waals surface area contributed by atoms with Crippen LogP contribution in [0.25, 0.3) is 0 Å². The molecule has 0 N–H and O–H groups in total. The van der Waals surface area contributed by atoms with E-state index in [0.717, 1.165) is 17.6 Å². The lowest BCUT2D eigenvalue weighted by atomic mass is 9.75. The fourth-order valence-corrected chi connectivity index (χ4v) is 3.59. The second-order valence-electron chi connectivity index (χ2n) is 8.81. The third-order valence-corrected chi connectivity index (χ3v) is 6.41. The Morgan fingerprint density at radius 1 is 1.21 bits per heavy atom. The largest absolute Gasteiger partial charge is 0.495 e. The third-order valence-electron chi connectivity index (χ3n) is 5.96. The van der Waals surface area contributed by atoms with Crippen molar-refractivity contribution in [1.29, 1.82) is 0 Å². The van der Waals surface area contributed by atoms with Crippen LogP contribution in [0.1, 0.15) is 43.6 Å². The van der Waals surface area contributed by atoms with Crippen molar-refractivity contribution >= 4 is 30.1 Å².